The zero-order chi connectivity index (χ0) is 14.6. The molecule has 1 amide bonds. The Bertz CT molecular complexity index is 446. The Morgan fingerprint density at radius 3 is 2.95 bits per heavy atom. The maximum Gasteiger partial charge on any atom is 0.225 e. The average Bonchev–Trinajstić information content (AvgIpc) is 2.96. The van der Waals surface area contributed by atoms with Crippen LogP contribution in [0.4, 0.5) is 0 Å². The van der Waals surface area contributed by atoms with E-state index in [2.05, 4.69) is 29.2 Å². The van der Waals surface area contributed by atoms with Crippen LogP contribution in [-0.4, -0.2) is 39.9 Å². The lowest BCUT2D eigenvalue weighted by Crippen LogP contribution is -2.46. The van der Waals surface area contributed by atoms with E-state index in [4.69, 9.17) is 4.74 Å². The molecule has 6 nitrogen and oxygen atoms in total. The molecule has 0 fully saturated rings. The molecular weight excluding hydrogens is 256 g/mol. The summed E-state index contributed by atoms with van der Waals surface area (Å²) in [5.74, 6) is 1.05. The molecule has 20 heavy (non-hydrogen) atoms. The third-order valence-electron chi connectivity index (χ3n) is 4.48. The van der Waals surface area contributed by atoms with E-state index >= 15 is 0 Å². The molecule has 0 bridgehead atoms. The van der Waals surface area contributed by atoms with Crippen molar-refractivity contribution < 1.29 is 9.53 Å². The number of aryl methyl sites for hydroxylation is 1. The van der Waals surface area contributed by atoms with E-state index in [-0.39, 0.29) is 17.4 Å². The van der Waals surface area contributed by atoms with Crippen LogP contribution in [0.2, 0.25) is 0 Å². The van der Waals surface area contributed by atoms with Crippen molar-refractivity contribution in [1.29, 1.82) is 0 Å². The van der Waals surface area contributed by atoms with Crippen LogP contribution in [0.1, 0.15) is 38.9 Å². The molecule has 1 aromatic rings. The van der Waals surface area contributed by atoms with Gasteiger partial charge in [-0.3, -0.25) is 4.79 Å². The van der Waals surface area contributed by atoms with Gasteiger partial charge < -0.3 is 10.1 Å². The van der Waals surface area contributed by atoms with Crippen LogP contribution in [0.15, 0.2) is 6.33 Å². The summed E-state index contributed by atoms with van der Waals surface area (Å²) in [6, 6.07) is 0. The van der Waals surface area contributed by atoms with Gasteiger partial charge in [0, 0.05) is 20.1 Å². The molecule has 1 N–H and O–H groups in total. The van der Waals surface area contributed by atoms with Crippen molar-refractivity contribution in [3.8, 4) is 0 Å². The Labute approximate surface area is 119 Å². The highest BCUT2D eigenvalue weighted by molar-refractivity contribution is 5.78. The van der Waals surface area contributed by atoms with Gasteiger partial charge in [0.2, 0.25) is 5.91 Å². The first-order chi connectivity index (χ1) is 9.64. The molecule has 0 radical (unpaired) electrons. The van der Waals surface area contributed by atoms with Gasteiger partial charge in [0.05, 0.1) is 18.1 Å². The molecule has 2 rings (SSSR count). The van der Waals surface area contributed by atoms with E-state index < -0.39 is 0 Å². The van der Waals surface area contributed by atoms with E-state index in [1.54, 1.807) is 13.4 Å². The Morgan fingerprint density at radius 2 is 2.30 bits per heavy atom. The molecule has 1 atom stereocenters. The SMILES string of the molecule is CCC(CC)(CNC(=O)C1CCc2ncnn2C1)OC. The molecular formula is C14H24N4O2. The van der Waals surface area contributed by atoms with E-state index in [1.165, 1.54) is 0 Å². The second-order valence-corrected chi connectivity index (χ2v) is 5.41. The fraction of sp³-hybridized carbons (Fsp3) is 0.786. The van der Waals surface area contributed by atoms with Gasteiger partial charge in [-0.2, -0.15) is 5.10 Å². The van der Waals surface area contributed by atoms with Crippen molar-refractivity contribution in [1.82, 2.24) is 20.1 Å². The maximum absolute atomic E-state index is 12.3. The molecule has 0 spiro atoms. The molecule has 1 aliphatic heterocycles. The summed E-state index contributed by atoms with van der Waals surface area (Å²) >= 11 is 0. The van der Waals surface area contributed by atoms with Crippen molar-refractivity contribution >= 4 is 5.91 Å². The van der Waals surface area contributed by atoms with Gasteiger partial charge >= 0.3 is 0 Å². The summed E-state index contributed by atoms with van der Waals surface area (Å²) in [4.78, 5) is 16.5. The molecule has 1 unspecified atom stereocenters. The molecule has 0 aliphatic carbocycles. The minimum atomic E-state index is -0.247. The number of hydrogen-bond acceptors (Lipinski definition) is 4. The average molecular weight is 280 g/mol. The summed E-state index contributed by atoms with van der Waals surface area (Å²) in [6.07, 6.45) is 4.98. The minimum absolute atomic E-state index is 0.0209. The first kappa shape index (κ1) is 15.0. The molecule has 0 saturated carbocycles. The second kappa shape index (κ2) is 6.35. The number of methoxy groups -OCH3 is 1. The Morgan fingerprint density at radius 1 is 1.55 bits per heavy atom. The van der Waals surface area contributed by atoms with Crippen LogP contribution in [0.3, 0.4) is 0 Å². The maximum atomic E-state index is 12.3. The predicted octanol–water partition coefficient (Wildman–Crippen LogP) is 1.16. The fourth-order valence-electron chi connectivity index (χ4n) is 2.70. The van der Waals surface area contributed by atoms with Crippen LogP contribution in [0.25, 0.3) is 0 Å². The first-order valence-corrected chi connectivity index (χ1v) is 7.33. The molecule has 1 aromatic heterocycles. The zero-order valence-electron chi connectivity index (χ0n) is 12.6. The highest BCUT2D eigenvalue weighted by Crippen LogP contribution is 2.20. The van der Waals surface area contributed by atoms with E-state index in [0.29, 0.717) is 13.1 Å². The number of ether oxygens (including phenoxy) is 1. The second-order valence-electron chi connectivity index (χ2n) is 5.41. The number of aromatic nitrogens is 3. The van der Waals surface area contributed by atoms with E-state index in [0.717, 1.165) is 31.5 Å². The Kier molecular flexibility index (Phi) is 4.75. The normalized spacial score (nSPS) is 18.6. The van der Waals surface area contributed by atoms with Gasteiger partial charge in [0.1, 0.15) is 12.2 Å². The lowest BCUT2D eigenvalue weighted by atomic mass is 9.95. The monoisotopic (exact) mass is 280 g/mol. The molecule has 1 aliphatic rings. The van der Waals surface area contributed by atoms with Crippen LogP contribution < -0.4 is 5.32 Å². The third-order valence-corrected chi connectivity index (χ3v) is 4.48. The van der Waals surface area contributed by atoms with Crippen LogP contribution in [0.5, 0.6) is 0 Å². The standard InChI is InChI=1S/C14H24N4O2/c1-4-14(5-2,20-3)9-15-13(19)11-6-7-12-16-10-17-18(12)8-11/h10-11H,4-9H2,1-3H3,(H,15,19). The summed E-state index contributed by atoms with van der Waals surface area (Å²) in [5, 5.41) is 7.19. The van der Waals surface area contributed by atoms with Gasteiger partial charge in [0.25, 0.3) is 0 Å². The first-order valence-electron chi connectivity index (χ1n) is 7.33. The van der Waals surface area contributed by atoms with Gasteiger partial charge in [-0.1, -0.05) is 13.8 Å². The quantitative estimate of drug-likeness (QED) is 0.849. The van der Waals surface area contributed by atoms with E-state index in [1.807, 2.05) is 4.68 Å². The van der Waals surface area contributed by atoms with E-state index in [9.17, 15) is 4.79 Å². The lowest BCUT2D eigenvalue weighted by Gasteiger charge is -2.31. The Hall–Kier alpha value is -1.43. The Balaban J connectivity index is 1.90. The zero-order valence-corrected chi connectivity index (χ0v) is 12.6. The number of carbonyl (C=O) groups is 1. The number of rotatable bonds is 6. The molecule has 0 aromatic carbocycles. The third kappa shape index (κ3) is 3.00. The number of hydrogen-bond donors (Lipinski definition) is 1. The number of carbonyl (C=O) groups excluding carboxylic acids is 1. The summed E-state index contributed by atoms with van der Waals surface area (Å²) < 4.78 is 7.41. The largest absolute Gasteiger partial charge is 0.376 e. The van der Waals surface area contributed by atoms with Gasteiger partial charge in [-0.15, -0.1) is 0 Å². The van der Waals surface area contributed by atoms with Gasteiger partial charge in [0.15, 0.2) is 0 Å². The number of amides is 1. The lowest BCUT2D eigenvalue weighted by molar-refractivity contribution is -0.127. The van der Waals surface area contributed by atoms with Gasteiger partial charge in [-0.25, -0.2) is 9.67 Å². The van der Waals surface area contributed by atoms with Crippen molar-refractivity contribution in [2.45, 2.75) is 51.7 Å². The van der Waals surface area contributed by atoms with Gasteiger partial charge in [-0.05, 0) is 19.3 Å². The predicted molar refractivity (Wildman–Crippen MR) is 75.2 cm³/mol. The van der Waals surface area contributed by atoms with Crippen molar-refractivity contribution in [3.63, 3.8) is 0 Å². The topological polar surface area (TPSA) is 69.0 Å². The molecule has 112 valence electrons. The minimum Gasteiger partial charge on any atom is -0.376 e. The van der Waals surface area contributed by atoms with Crippen molar-refractivity contribution in [2.75, 3.05) is 13.7 Å². The fourth-order valence-corrected chi connectivity index (χ4v) is 2.70. The molecule has 6 heteroatoms. The summed E-state index contributed by atoms with van der Waals surface area (Å²) in [7, 11) is 1.71. The van der Waals surface area contributed by atoms with Crippen LogP contribution in [0, 0.1) is 5.92 Å². The smallest absolute Gasteiger partial charge is 0.225 e. The highest BCUT2D eigenvalue weighted by atomic mass is 16.5. The molecule has 2 heterocycles. The van der Waals surface area contributed by atoms with Crippen molar-refractivity contribution in [2.24, 2.45) is 5.92 Å². The van der Waals surface area contributed by atoms with Crippen molar-refractivity contribution in [3.05, 3.63) is 12.2 Å². The summed E-state index contributed by atoms with van der Waals surface area (Å²) in [5.41, 5.74) is -0.247. The number of fused-ring (bicyclic) bond motifs is 1. The highest BCUT2D eigenvalue weighted by Gasteiger charge is 2.30. The molecule has 0 saturated heterocycles. The van der Waals surface area contributed by atoms with Crippen LogP contribution in [-0.2, 0) is 22.5 Å². The summed E-state index contributed by atoms with van der Waals surface area (Å²) in [6.45, 7) is 5.36. The number of nitrogens with one attached hydrogen (secondary N) is 1. The van der Waals surface area contributed by atoms with Crippen LogP contribution >= 0.6 is 0 Å². The number of nitrogens with zero attached hydrogens (tertiary/aromatic N) is 3.